The zero-order valence-electron chi connectivity index (χ0n) is 31.8. The maximum atomic E-state index is 10.6. The Bertz CT molecular complexity index is 2990. The van der Waals surface area contributed by atoms with Crippen LogP contribution in [-0.4, -0.2) is 19.6 Å². The van der Waals surface area contributed by atoms with Gasteiger partial charge in [-0.15, -0.1) is 0 Å². The van der Waals surface area contributed by atoms with Gasteiger partial charge in [0, 0.05) is 17.3 Å². The lowest BCUT2D eigenvalue weighted by atomic mass is 9.82. The third-order valence-corrected chi connectivity index (χ3v) is 12.1. The van der Waals surface area contributed by atoms with Crippen LogP contribution in [0.2, 0.25) is 0 Å². The Balaban J connectivity index is 1.02. The van der Waals surface area contributed by atoms with Crippen molar-refractivity contribution < 1.29 is 9.84 Å². The second-order valence-corrected chi connectivity index (χ2v) is 15.8. The van der Waals surface area contributed by atoms with Gasteiger partial charge in [-0.2, -0.15) is 0 Å². The molecule has 1 N–H and O–H groups in total. The highest BCUT2D eigenvalue weighted by Crippen LogP contribution is 2.48. The third-order valence-electron chi connectivity index (χ3n) is 12.1. The molecule has 2 aromatic heterocycles. The first-order valence-electron chi connectivity index (χ1n) is 20.0. The Hall–Kier alpha value is -7.24. The minimum atomic E-state index is 0.223. The average molecular weight is 750 g/mol. The molecule has 0 bridgehead atoms. The van der Waals surface area contributed by atoms with E-state index in [2.05, 4.69) is 114 Å². The lowest BCUT2D eigenvalue weighted by Crippen LogP contribution is -2.21. The number of rotatable bonds is 7. The van der Waals surface area contributed by atoms with Gasteiger partial charge < -0.3 is 9.84 Å². The maximum absolute atomic E-state index is 10.6. The fourth-order valence-corrected chi connectivity index (χ4v) is 9.44. The summed E-state index contributed by atoms with van der Waals surface area (Å²) in [5.41, 5.74) is 15.7. The van der Waals surface area contributed by atoms with E-state index < -0.39 is 0 Å². The summed E-state index contributed by atoms with van der Waals surface area (Å²) in [6.07, 6.45) is 6.45. The van der Waals surface area contributed by atoms with Crippen LogP contribution in [0.15, 0.2) is 182 Å². The second kappa shape index (κ2) is 13.7. The first-order valence-corrected chi connectivity index (χ1v) is 20.0. The molecule has 7 aromatic carbocycles. The van der Waals surface area contributed by atoms with Crippen LogP contribution in [-0.2, 0) is 25.7 Å². The first-order chi connectivity index (χ1) is 28.6. The molecule has 0 amide bonds. The third kappa shape index (κ3) is 5.95. The molecule has 0 unspecified atom stereocenters. The van der Waals surface area contributed by atoms with E-state index in [0.717, 1.165) is 81.7 Å². The van der Waals surface area contributed by atoms with E-state index in [9.17, 15) is 5.11 Å². The molecular weight excluding hydrogens is 711 g/mol. The van der Waals surface area contributed by atoms with Gasteiger partial charge >= 0.3 is 0 Å². The Labute approximate surface area is 337 Å². The fraction of sp³-hybridized carbons (Fsp3) is 0.0943. The highest BCUT2D eigenvalue weighted by Gasteiger charge is 2.42. The van der Waals surface area contributed by atoms with E-state index in [1.54, 1.807) is 6.07 Å². The minimum Gasteiger partial charge on any atom is -0.507 e. The molecular formula is C53H39N3O2. The maximum Gasteiger partial charge on any atom is 0.164 e. The number of aromatic hydroxyl groups is 1. The van der Waals surface area contributed by atoms with Crippen LogP contribution < -0.4 is 4.74 Å². The van der Waals surface area contributed by atoms with Crippen LogP contribution in [0.3, 0.4) is 0 Å². The van der Waals surface area contributed by atoms with Crippen molar-refractivity contribution in [3.63, 3.8) is 0 Å². The van der Waals surface area contributed by atoms with Crippen LogP contribution in [0.5, 0.6) is 17.2 Å². The number of nitrogens with zero attached hydrogens (tertiary/aromatic N) is 3. The highest BCUT2D eigenvalue weighted by atomic mass is 16.5. The van der Waals surface area contributed by atoms with Gasteiger partial charge in [0.05, 0.1) is 11.2 Å². The number of phenols is 1. The molecule has 5 nitrogen and oxygen atoms in total. The molecule has 0 saturated heterocycles. The molecule has 58 heavy (non-hydrogen) atoms. The number of aromatic nitrogens is 3. The highest BCUT2D eigenvalue weighted by molar-refractivity contribution is 5.90. The quantitative estimate of drug-likeness (QED) is 0.176. The monoisotopic (exact) mass is 749 g/mol. The zero-order chi connectivity index (χ0) is 38.6. The lowest BCUT2D eigenvalue weighted by Gasteiger charge is -2.21. The molecule has 11 rings (SSSR count). The van der Waals surface area contributed by atoms with Crippen molar-refractivity contribution >= 4 is 11.0 Å². The molecule has 0 fully saturated rings. The molecule has 1 spiro atoms. The van der Waals surface area contributed by atoms with Gasteiger partial charge in [-0.25, -0.2) is 4.98 Å². The number of ether oxygens (including phenoxy) is 1. The van der Waals surface area contributed by atoms with Crippen LogP contribution in [0.25, 0.3) is 61.6 Å². The smallest absolute Gasteiger partial charge is 0.164 e. The molecule has 2 aliphatic carbocycles. The minimum absolute atomic E-state index is 0.223. The van der Waals surface area contributed by atoms with Gasteiger partial charge in [0.25, 0.3) is 0 Å². The zero-order valence-corrected chi connectivity index (χ0v) is 31.8. The van der Waals surface area contributed by atoms with Crippen molar-refractivity contribution in [3.05, 3.63) is 204 Å². The summed E-state index contributed by atoms with van der Waals surface area (Å²) in [4.78, 5) is 10.4. The van der Waals surface area contributed by atoms with Crippen molar-refractivity contribution in [3.8, 4) is 67.8 Å². The summed E-state index contributed by atoms with van der Waals surface area (Å²) in [5.74, 6) is 2.22. The molecule has 5 heteroatoms. The van der Waals surface area contributed by atoms with Crippen molar-refractivity contribution in [2.24, 2.45) is 5.41 Å². The fourth-order valence-electron chi connectivity index (χ4n) is 9.44. The normalized spacial score (nSPS) is 13.8. The van der Waals surface area contributed by atoms with Gasteiger partial charge in [0.15, 0.2) is 11.6 Å². The van der Waals surface area contributed by atoms with E-state index in [-0.39, 0.29) is 11.2 Å². The molecule has 0 saturated carbocycles. The van der Waals surface area contributed by atoms with Gasteiger partial charge in [0.1, 0.15) is 22.7 Å². The standard InChI is InChI=1S/C53H39N3O2/c57-49-22-9-7-19-45(49)38-16-10-17-43(29-38)58-50-23-11-21-48-51(50)55-52(56(48)47-20-8-6-18-44(47)35-12-2-1-3-13-35)46-30-37(26-27-54-46)36-24-25-41-33-53(34-42(41)28-36)31-39-14-4-5-15-40(39)32-53/h1-30,57H,31-34H2. The summed E-state index contributed by atoms with van der Waals surface area (Å²) in [6, 6.07) is 60.5. The number of pyridine rings is 1. The largest absolute Gasteiger partial charge is 0.507 e. The summed E-state index contributed by atoms with van der Waals surface area (Å²) >= 11 is 0. The molecule has 2 heterocycles. The van der Waals surface area contributed by atoms with Crippen LogP contribution >= 0.6 is 0 Å². The van der Waals surface area contributed by atoms with E-state index in [1.807, 2.05) is 66.9 Å². The van der Waals surface area contributed by atoms with Crippen molar-refractivity contribution in [2.45, 2.75) is 25.7 Å². The second-order valence-electron chi connectivity index (χ2n) is 15.8. The SMILES string of the molecule is Oc1ccccc1-c1cccc(Oc2cccc3c2nc(-c2cc(-c4ccc5c(c4)CC4(Cc6ccccc6C4)C5)ccn2)n3-c2ccccc2-c2ccccc2)c1. The summed E-state index contributed by atoms with van der Waals surface area (Å²) in [5, 5.41) is 10.6. The van der Waals surface area contributed by atoms with Crippen molar-refractivity contribution in [2.75, 3.05) is 0 Å². The van der Waals surface area contributed by atoms with Gasteiger partial charge in [-0.05, 0) is 124 Å². The van der Waals surface area contributed by atoms with Crippen molar-refractivity contribution in [1.29, 1.82) is 0 Å². The van der Waals surface area contributed by atoms with Crippen LogP contribution in [0.4, 0.5) is 0 Å². The Morgan fingerprint density at radius 2 is 1.19 bits per heavy atom. The molecule has 0 aliphatic heterocycles. The van der Waals surface area contributed by atoms with E-state index in [0.29, 0.717) is 11.5 Å². The number of fused-ring (bicyclic) bond motifs is 3. The molecule has 278 valence electrons. The Kier molecular flexibility index (Phi) is 8.07. The Morgan fingerprint density at radius 1 is 0.517 bits per heavy atom. The molecule has 9 aromatic rings. The Morgan fingerprint density at radius 3 is 2.02 bits per heavy atom. The van der Waals surface area contributed by atoms with Gasteiger partial charge in [-0.1, -0.05) is 127 Å². The van der Waals surface area contributed by atoms with E-state index in [4.69, 9.17) is 14.7 Å². The number of hydrogen-bond acceptors (Lipinski definition) is 4. The molecule has 0 atom stereocenters. The van der Waals surface area contributed by atoms with Gasteiger partial charge in [0.2, 0.25) is 0 Å². The lowest BCUT2D eigenvalue weighted by molar-refractivity contribution is 0.326. The molecule has 0 radical (unpaired) electrons. The average Bonchev–Trinajstić information content (AvgIpc) is 3.96. The number of imidazole rings is 1. The van der Waals surface area contributed by atoms with E-state index in [1.165, 1.54) is 27.8 Å². The number of hydrogen-bond donors (Lipinski definition) is 1. The predicted octanol–water partition coefficient (Wildman–Crippen LogP) is 12.5. The number of phenolic OH excluding ortho intramolecular Hbond substituents is 1. The van der Waals surface area contributed by atoms with Crippen LogP contribution in [0.1, 0.15) is 22.3 Å². The summed E-state index contributed by atoms with van der Waals surface area (Å²) < 4.78 is 8.89. The number of para-hydroxylation sites is 3. The topological polar surface area (TPSA) is 60.2 Å². The van der Waals surface area contributed by atoms with Crippen LogP contribution in [0, 0.1) is 5.41 Å². The predicted molar refractivity (Wildman–Crippen MR) is 232 cm³/mol. The number of benzene rings is 7. The molecule has 2 aliphatic rings. The first kappa shape index (κ1) is 34.0. The summed E-state index contributed by atoms with van der Waals surface area (Å²) in [7, 11) is 0. The van der Waals surface area contributed by atoms with Gasteiger partial charge in [-0.3, -0.25) is 9.55 Å². The van der Waals surface area contributed by atoms with E-state index >= 15 is 0 Å². The summed E-state index contributed by atoms with van der Waals surface area (Å²) in [6.45, 7) is 0. The van der Waals surface area contributed by atoms with Crippen molar-refractivity contribution in [1.82, 2.24) is 14.5 Å².